The Hall–Kier alpha value is -6.17. The van der Waals surface area contributed by atoms with Gasteiger partial charge in [0.1, 0.15) is 18.0 Å². The molecule has 2 saturated heterocycles. The molecular formula is C38H42N12O5. The standard InChI is InChI=1S/C38H42N12O5/c1-2-50-46-34(45-47-50)32-30(52)31(53)36(55-32)49-22-41-29-33(39-20-28(24-11-5-3-6-12-24)25-13-7-4-8-14-25)43-37(44-35(29)49)48-17-16-26(21-48)42-38(54)40-19-23-10-9-15-27(51)18-23/h3-15,18,22,26,28,30-32,36,51-53H,2,16-17,19-21H2,1H3,(H,39,43,44)(H2,40,42,54)/t26-,30+,31+,32+,36-/m1/s1. The molecule has 55 heavy (non-hydrogen) atoms. The minimum absolute atomic E-state index is 0.0170. The maximum atomic E-state index is 12.8. The zero-order valence-corrected chi connectivity index (χ0v) is 30.1. The number of imidazole rings is 1. The van der Waals surface area contributed by atoms with E-state index in [1.165, 1.54) is 11.1 Å². The van der Waals surface area contributed by atoms with Gasteiger partial charge in [-0.2, -0.15) is 14.8 Å². The predicted molar refractivity (Wildman–Crippen MR) is 201 cm³/mol. The summed E-state index contributed by atoms with van der Waals surface area (Å²) in [6, 6.07) is 26.7. The number of amides is 2. The summed E-state index contributed by atoms with van der Waals surface area (Å²) >= 11 is 0. The number of phenols is 1. The van der Waals surface area contributed by atoms with Crippen LogP contribution in [0, 0.1) is 0 Å². The number of tetrazole rings is 1. The van der Waals surface area contributed by atoms with Crippen LogP contribution in [-0.2, 0) is 17.8 Å². The Morgan fingerprint density at radius 3 is 2.45 bits per heavy atom. The number of phenolic OH excluding ortho intramolecular Hbond substituents is 1. The Labute approximate surface area is 316 Å². The number of rotatable bonds is 12. The summed E-state index contributed by atoms with van der Waals surface area (Å²) in [5, 5.41) is 53.9. The van der Waals surface area contributed by atoms with Crippen LogP contribution in [0.5, 0.6) is 5.75 Å². The van der Waals surface area contributed by atoms with Crippen LogP contribution < -0.4 is 20.9 Å². The van der Waals surface area contributed by atoms with Crippen molar-refractivity contribution < 1.29 is 24.9 Å². The fourth-order valence-corrected chi connectivity index (χ4v) is 7.10. The Morgan fingerprint density at radius 1 is 0.982 bits per heavy atom. The summed E-state index contributed by atoms with van der Waals surface area (Å²) in [5.74, 6) is 1.16. The fraction of sp³-hybridized carbons (Fsp3) is 0.342. The van der Waals surface area contributed by atoms with Crippen molar-refractivity contribution in [1.29, 1.82) is 0 Å². The highest BCUT2D eigenvalue weighted by molar-refractivity contribution is 5.84. The third kappa shape index (κ3) is 7.62. The van der Waals surface area contributed by atoms with Crippen LogP contribution in [0.4, 0.5) is 16.6 Å². The van der Waals surface area contributed by atoms with Crippen LogP contribution in [-0.4, -0.2) is 99.0 Å². The number of benzene rings is 3. The van der Waals surface area contributed by atoms with Gasteiger partial charge in [-0.3, -0.25) is 4.57 Å². The average molecular weight is 747 g/mol. The molecule has 0 spiro atoms. The first-order valence-corrected chi connectivity index (χ1v) is 18.3. The van der Waals surface area contributed by atoms with Crippen LogP contribution >= 0.6 is 0 Å². The van der Waals surface area contributed by atoms with Crippen molar-refractivity contribution in [3.8, 4) is 5.75 Å². The smallest absolute Gasteiger partial charge is 0.315 e. The number of urea groups is 1. The number of hydrogen-bond acceptors (Lipinski definition) is 13. The van der Waals surface area contributed by atoms with Gasteiger partial charge in [0.05, 0.1) is 12.9 Å². The van der Waals surface area contributed by atoms with Gasteiger partial charge in [0.15, 0.2) is 29.3 Å². The Balaban J connectivity index is 1.07. The SMILES string of the molecule is CCn1nnc([C@H]2O[C@@H](n3cnc4c(NCC(c5ccccc5)c5ccccc5)nc(N5CC[C@@H](NC(=O)NCc6cccc(O)c6)C5)nc43)[C@@H](O)[C@@H]2O)n1. The van der Waals surface area contributed by atoms with E-state index in [1.807, 2.05) is 54.3 Å². The average Bonchev–Trinajstić information content (AvgIpc) is 4.02. The van der Waals surface area contributed by atoms with Gasteiger partial charge in [-0.25, -0.2) is 9.78 Å². The van der Waals surface area contributed by atoms with Gasteiger partial charge in [-0.1, -0.05) is 72.8 Å². The highest BCUT2D eigenvalue weighted by atomic mass is 16.6. The molecule has 5 heterocycles. The summed E-state index contributed by atoms with van der Waals surface area (Å²) in [6.45, 7) is 4.10. The molecule has 2 aliphatic heterocycles. The summed E-state index contributed by atoms with van der Waals surface area (Å²) in [7, 11) is 0. The highest BCUT2D eigenvalue weighted by Gasteiger charge is 2.47. The molecule has 2 aliphatic rings. The zero-order chi connectivity index (χ0) is 37.9. The lowest BCUT2D eigenvalue weighted by Gasteiger charge is -2.22. The number of carbonyl (C=O) groups excluding carboxylic acids is 1. The number of aliphatic hydroxyl groups excluding tert-OH is 2. The first kappa shape index (κ1) is 35.8. The van der Waals surface area contributed by atoms with E-state index >= 15 is 0 Å². The number of carbonyl (C=O) groups is 1. The second-order valence-electron chi connectivity index (χ2n) is 13.6. The van der Waals surface area contributed by atoms with E-state index < -0.39 is 24.5 Å². The lowest BCUT2D eigenvalue weighted by Crippen LogP contribution is -2.43. The van der Waals surface area contributed by atoms with Crippen molar-refractivity contribution in [3.05, 3.63) is 114 Å². The van der Waals surface area contributed by atoms with Crippen molar-refractivity contribution in [2.75, 3.05) is 29.9 Å². The van der Waals surface area contributed by atoms with E-state index in [2.05, 4.69) is 60.6 Å². The first-order chi connectivity index (χ1) is 26.8. The normalized spacial score (nSPS) is 21.0. The zero-order valence-electron chi connectivity index (χ0n) is 30.1. The minimum Gasteiger partial charge on any atom is -0.508 e. The van der Waals surface area contributed by atoms with Crippen molar-refractivity contribution >= 4 is 29.0 Å². The molecule has 8 rings (SSSR count). The topological polar surface area (TPSA) is 214 Å². The number of nitrogens with zero attached hydrogens (tertiary/aromatic N) is 9. The first-order valence-electron chi connectivity index (χ1n) is 18.3. The van der Waals surface area contributed by atoms with E-state index in [0.717, 1.165) is 16.7 Å². The summed E-state index contributed by atoms with van der Waals surface area (Å²) in [6.07, 6.45) is -2.62. The van der Waals surface area contributed by atoms with Crippen LogP contribution in [0.25, 0.3) is 11.2 Å². The lowest BCUT2D eigenvalue weighted by molar-refractivity contribution is -0.0384. The van der Waals surface area contributed by atoms with Crippen LogP contribution in [0.2, 0.25) is 0 Å². The molecule has 0 unspecified atom stereocenters. The monoisotopic (exact) mass is 746 g/mol. The summed E-state index contributed by atoms with van der Waals surface area (Å²) < 4.78 is 7.80. The van der Waals surface area contributed by atoms with Crippen molar-refractivity contribution in [1.82, 2.24) is 50.4 Å². The lowest BCUT2D eigenvalue weighted by atomic mass is 9.91. The van der Waals surface area contributed by atoms with Gasteiger partial charge in [-0.15, -0.1) is 10.2 Å². The molecule has 2 amide bonds. The molecule has 3 aromatic heterocycles. The minimum atomic E-state index is -1.36. The number of hydrogen-bond donors (Lipinski definition) is 6. The molecule has 0 saturated carbocycles. The highest BCUT2D eigenvalue weighted by Crippen LogP contribution is 2.39. The van der Waals surface area contributed by atoms with Gasteiger partial charge in [-0.05, 0) is 47.4 Å². The maximum absolute atomic E-state index is 12.8. The molecule has 284 valence electrons. The van der Waals surface area contributed by atoms with Gasteiger partial charge in [0.25, 0.3) is 0 Å². The summed E-state index contributed by atoms with van der Waals surface area (Å²) in [4.78, 5) is 30.8. The summed E-state index contributed by atoms with van der Waals surface area (Å²) in [5.41, 5.74) is 3.87. The van der Waals surface area contributed by atoms with E-state index in [4.69, 9.17) is 14.7 Å². The van der Waals surface area contributed by atoms with Crippen molar-refractivity contribution in [2.24, 2.45) is 0 Å². The largest absolute Gasteiger partial charge is 0.508 e. The Bertz CT molecular complexity index is 2200. The number of nitrogens with one attached hydrogen (secondary N) is 3. The Morgan fingerprint density at radius 2 is 1.75 bits per heavy atom. The molecule has 6 N–H and O–H groups in total. The quantitative estimate of drug-likeness (QED) is 0.106. The van der Waals surface area contributed by atoms with Gasteiger partial charge in [0.2, 0.25) is 11.8 Å². The molecule has 2 fully saturated rings. The number of aromatic nitrogens is 8. The molecule has 0 bridgehead atoms. The molecule has 17 heteroatoms. The second kappa shape index (κ2) is 15.7. The number of aliphatic hydroxyl groups is 2. The second-order valence-corrected chi connectivity index (χ2v) is 13.6. The number of aromatic hydroxyl groups is 1. The molecule has 3 aromatic carbocycles. The van der Waals surface area contributed by atoms with E-state index in [0.29, 0.717) is 55.5 Å². The number of aryl methyl sites for hydroxylation is 1. The Kier molecular flexibility index (Phi) is 10.2. The van der Waals surface area contributed by atoms with E-state index in [9.17, 15) is 20.1 Å². The molecule has 17 nitrogen and oxygen atoms in total. The molecule has 0 radical (unpaired) electrons. The number of fused-ring (bicyclic) bond motifs is 1. The van der Waals surface area contributed by atoms with Gasteiger partial charge < -0.3 is 40.9 Å². The van der Waals surface area contributed by atoms with Crippen LogP contribution in [0.1, 0.15) is 54.1 Å². The molecule has 5 atom stereocenters. The number of ether oxygens (including phenoxy) is 1. The predicted octanol–water partition coefficient (Wildman–Crippen LogP) is 2.85. The van der Waals surface area contributed by atoms with Crippen molar-refractivity contribution in [3.63, 3.8) is 0 Å². The maximum Gasteiger partial charge on any atom is 0.315 e. The third-order valence-electron chi connectivity index (χ3n) is 9.98. The van der Waals surface area contributed by atoms with Crippen molar-refractivity contribution in [2.45, 2.75) is 62.9 Å². The van der Waals surface area contributed by atoms with Crippen LogP contribution in [0.15, 0.2) is 91.3 Å². The fourth-order valence-electron chi connectivity index (χ4n) is 7.10. The molecular weight excluding hydrogens is 704 g/mol. The number of anilines is 2. The van der Waals surface area contributed by atoms with E-state index in [-0.39, 0.29) is 36.1 Å². The van der Waals surface area contributed by atoms with Crippen LogP contribution in [0.3, 0.4) is 0 Å². The van der Waals surface area contributed by atoms with E-state index in [1.54, 1.807) is 22.8 Å². The molecule has 0 aliphatic carbocycles. The van der Waals surface area contributed by atoms with Gasteiger partial charge >= 0.3 is 6.03 Å². The van der Waals surface area contributed by atoms with Gasteiger partial charge in [0, 0.05) is 38.1 Å². The third-order valence-corrected chi connectivity index (χ3v) is 9.98. The molecule has 6 aromatic rings.